The molecule has 21 heavy (non-hydrogen) atoms. The summed E-state index contributed by atoms with van der Waals surface area (Å²) >= 11 is 3.24. The molecule has 0 spiro atoms. The molecule has 1 rings (SSSR count). The van der Waals surface area contributed by atoms with Crippen LogP contribution in [0.25, 0.3) is 0 Å². The Morgan fingerprint density at radius 1 is 1.33 bits per heavy atom. The number of carbonyl (C=O) groups is 1. The van der Waals surface area contributed by atoms with Gasteiger partial charge in [-0.15, -0.1) is 0 Å². The Balaban J connectivity index is 2.85. The first-order chi connectivity index (χ1) is 9.90. The maximum Gasteiger partial charge on any atom is 0.323 e. The van der Waals surface area contributed by atoms with Gasteiger partial charge in [-0.25, -0.2) is 8.42 Å². The van der Waals surface area contributed by atoms with Crippen LogP contribution < -0.4 is 10.5 Å². The zero-order valence-electron chi connectivity index (χ0n) is 11.7. The van der Waals surface area contributed by atoms with Crippen LogP contribution in [0.3, 0.4) is 0 Å². The van der Waals surface area contributed by atoms with Crippen molar-refractivity contribution in [3.05, 3.63) is 28.7 Å². The van der Waals surface area contributed by atoms with Gasteiger partial charge in [0, 0.05) is 4.47 Å². The Morgan fingerprint density at radius 2 is 1.95 bits per heavy atom. The summed E-state index contributed by atoms with van der Waals surface area (Å²) in [6, 6.07) is 5.25. The number of carbonyl (C=O) groups excluding carboxylic acids is 1. The number of benzene rings is 1. The minimum Gasteiger partial charge on any atom is -0.468 e. The Labute approximate surface area is 133 Å². The molecule has 0 aliphatic carbocycles. The lowest BCUT2D eigenvalue weighted by Crippen LogP contribution is -2.41. The average Bonchev–Trinajstić information content (AvgIpc) is 2.46. The number of nitrogens with two attached hydrogens (primary N) is 1. The van der Waals surface area contributed by atoms with Gasteiger partial charge in [0.1, 0.15) is 6.04 Å². The Kier molecular flexibility index (Phi) is 7.30. The number of sulfonamides is 1. The Bertz CT molecular complexity index is 560. The van der Waals surface area contributed by atoms with E-state index in [1.165, 1.54) is 19.2 Å². The van der Waals surface area contributed by atoms with Crippen molar-refractivity contribution in [2.45, 2.75) is 30.2 Å². The standard InChI is InChI=1S/C13H19BrN2O4S/c1-20-13(17)12(4-2-3-9-15)16-21(18,19)11-7-5-10(14)6-8-11/h5-8,12,16H,2-4,9,15H2,1H3/t12-/m0/s1. The smallest absolute Gasteiger partial charge is 0.323 e. The molecule has 3 N–H and O–H groups in total. The summed E-state index contributed by atoms with van der Waals surface area (Å²) < 4.78 is 32.3. The molecule has 1 aromatic carbocycles. The zero-order chi connectivity index (χ0) is 15.9. The molecule has 0 amide bonds. The second kappa shape index (κ2) is 8.47. The molecule has 1 atom stereocenters. The number of ether oxygens (including phenoxy) is 1. The van der Waals surface area contributed by atoms with E-state index in [9.17, 15) is 13.2 Å². The van der Waals surface area contributed by atoms with Crippen LogP contribution in [0.4, 0.5) is 0 Å². The number of halogens is 1. The van der Waals surface area contributed by atoms with Crippen molar-refractivity contribution >= 4 is 31.9 Å². The molecular formula is C13H19BrN2O4S. The summed E-state index contributed by atoms with van der Waals surface area (Å²) in [7, 11) is -2.54. The molecule has 8 heteroatoms. The average molecular weight is 379 g/mol. The summed E-state index contributed by atoms with van der Waals surface area (Å²) in [6.45, 7) is 0.493. The van der Waals surface area contributed by atoms with E-state index >= 15 is 0 Å². The molecule has 6 nitrogen and oxygen atoms in total. The van der Waals surface area contributed by atoms with Crippen molar-refractivity contribution in [3.8, 4) is 0 Å². The highest BCUT2D eigenvalue weighted by Gasteiger charge is 2.25. The minimum atomic E-state index is -3.77. The van der Waals surface area contributed by atoms with E-state index in [0.29, 0.717) is 25.8 Å². The highest BCUT2D eigenvalue weighted by atomic mass is 79.9. The molecule has 118 valence electrons. The summed E-state index contributed by atoms with van der Waals surface area (Å²) in [5, 5.41) is 0. The SMILES string of the molecule is COC(=O)[C@H](CCCCN)NS(=O)(=O)c1ccc(Br)cc1. The molecule has 0 bridgehead atoms. The maximum absolute atomic E-state index is 12.2. The fraction of sp³-hybridized carbons (Fsp3) is 0.462. The lowest BCUT2D eigenvalue weighted by Gasteiger charge is -2.16. The van der Waals surface area contributed by atoms with Gasteiger partial charge in [0.05, 0.1) is 12.0 Å². The van der Waals surface area contributed by atoms with Gasteiger partial charge in [-0.05, 0) is 43.7 Å². The van der Waals surface area contributed by atoms with Crippen LogP contribution in [-0.2, 0) is 19.6 Å². The van der Waals surface area contributed by atoms with E-state index < -0.39 is 22.0 Å². The van der Waals surface area contributed by atoms with Crippen LogP contribution >= 0.6 is 15.9 Å². The molecule has 0 radical (unpaired) electrons. The van der Waals surface area contributed by atoms with E-state index in [0.717, 1.165) is 4.47 Å². The summed E-state index contributed by atoms with van der Waals surface area (Å²) in [5.74, 6) is -0.604. The van der Waals surface area contributed by atoms with E-state index in [4.69, 9.17) is 5.73 Å². The van der Waals surface area contributed by atoms with Crippen LogP contribution in [0.5, 0.6) is 0 Å². The molecule has 0 heterocycles. The van der Waals surface area contributed by atoms with Gasteiger partial charge in [0.2, 0.25) is 10.0 Å². The highest BCUT2D eigenvalue weighted by molar-refractivity contribution is 9.10. The van der Waals surface area contributed by atoms with Crippen molar-refractivity contribution < 1.29 is 17.9 Å². The molecule has 0 aromatic heterocycles. The first-order valence-corrected chi connectivity index (χ1v) is 8.74. The molecular weight excluding hydrogens is 360 g/mol. The third-order valence-electron chi connectivity index (χ3n) is 2.85. The number of methoxy groups -OCH3 is 1. The largest absolute Gasteiger partial charge is 0.468 e. The molecule has 0 unspecified atom stereocenters. The van der Waals surface area contributed by atoms with Crippen LogP contribution in [0.2, 0.25) is 0 Å². The van der Waals surface area contributed by atoms with Gasteiger partial charge in [-0.3, -0.25) is 4.79 Å². The van der Waals surface area contributed by atoms with Crippen molar-refractivity contribution in [1.29, 1.82) is 0 Å². The van der Waals surface area contributed by atoms with Crippen molar-refractivity contribution in [1.82, 2.24) is 4.72 Å². The van der Waals surface area contributed by atoms with Gasteiger partial charge < -0.3 is 10.5 Å². The first-order valence-electron chi connectivity index (χ1n) is 6.46. The zero-order valence-corrected chi connectivity index (χ0v) is 14.1. The van der Waals surface area contributed by atoms with E-state index in [2.05, 4.69) is 25.4 Å². The molecule has 0 aliphatic rings. The Morgan fingerprint density at radius 3 is 2.48 bits per heavy atom. The van der Waals surface area contributed by atoms with Crippen molar-refractivity contribution in [2.75, 3.05) is 13.7 Å². The van der Waals surface area contributed by atoms with E-state index in [1.807, 2.05) is 0 Å². The van der Waals surface area contributed by atoms with Crippen LogP contribution in [0.15, 0.2) is 33.6 Å². The van der Waals surface area contributed by atoms with Gasteiger partial charge in [0.25, 0.3) is 0 Å². The quantitative estimate of drug-likeness (QED) is 0.526. The predicted octanol–water partition coefficient (Wildman–Crippen LogP) is 1.40. The summed E-state index contributed by atoms with van der Waals surface area (Å²) in [6.07, 6.45) is 1.70. The van der Waals surface area contributed by atoms with Crippen LogP contribution in [0.1, 0.15) is 19.3 Å². The fourth-order valence-electron chi connectivity index (χ4n) is 1.73. The fourth-order valence-corrected chi connectivity index (χ4v) is 3.21. The normalized spacial score (nSPS) is 12.9. The number of unbranched alkanes of at least 4 members (excludes halogenated alkanes) is 1. The maximum atomic E-state index is 12.2. The molecule has 0 fully saturated rings. The van der Waals surface area contributed by atoms with Crippen molar-refractivity contribution in [3.63, 3.8) is 0 Å². The van der Waals surface area contributed by atoms with E-state index in [1.54, 1.807) is 12.1 Å². The molecule has 1 aromatic rings. The van der Waals surface area contributed by atoms with Gasteiger partial charge in [0.15, 0.2) is 0 Å². The third kappa shape index (κ3) is 5.74. The van der Waals surface area contributed by atoms with Crippen LogP contribution in [0, 0.1) is 0 Å². The second-order valence-corrected chi connectivity index (χ2v) is 7.07. The molecule has 0 saturated carbocycles. The highest BCUT2D eigenvalue weighted by Crippen LogP contribution is 2.16. The number of esters is 1. The van der Waals surface area contributed by atoms with Crippen LogP contribution in [-0.4, -0.2) is 34.1 Å². The summed E-state index contributed by atoms with van der Waals surface area (Å²) in [5.41, 5.74) is 5.40. The predicted molar refractivity (Wildman–Crippen MR) is 83.2 cm³/mol. The molecule has 0 saturated heterocycles. The Hall–Kier alpha value is -0.960. The van der Waals surface area contributed by atoms with Gasteiger partial charge in [-0.2, -0.15) is 4.72 Å². The number of hydrogen-bond acceptors (Lipinski definition) is 5. The van der Waals surface area contributed by atoms with Crippen molar-refractivity contribution in [2.24, 2.45) is 5.73 Å². The number of rotatable bonds is 8. The minimum absolute atomic E-state index is 0.0958. The second-order valence-electron chi connectivity index (χ2n) is 4.44. The third-order valence-corrected chi connectivity index (χ3v) is 4.87. The number of hydrogen-bond donors (Lipinski definition) is 2. The lowest BCUT2D eigenvalue weighted by molar-refractivity contribution is -0.142. The van der Waals surface area contributed by atoms with Gasteiger partial charge >= 0.3 is 5.97 Å². The first kappa shape index (κ1) is 18.1. The summed E-state index contributed by atoms with van der Waals surface area (Å²) in [4.78, 5) is 11.8. The lowest BCUT2D eigenvalue weighted by atomic mass is 10.1. The molecule has 0 aliphatic heterocycles. The van der Waals surface area contributed by atoms with E-state index in [-0.39, 0.29) is 4.90 Å². The van der Waals surface area contributed by atoms with Gasteiger partial charge in [-0.1, -0.05) is 22.4 Å². The monoisotopic (exact) mass is 378 g/mol. The number of nitrogens with one attached hydrogen (secondary N) is 1. The topological polar surface area (TPSA) is 98.5 Å².